The Balaban J connectivity index is 2.23. The van der Waals surface area contributed by atoms with Gasteiger partial charge >= 0.3 is 0 Å². The summed E-state index contributed by atoms with van der Waals surface area (Å²) in [6.07, 6.45) is 1.87. The number of hydrogen-bond acceptors (Lipinski definition) is 3. The van der Waals surface area contributed by atoms with Crippen LogP contribution in [-0.4, -0.2) is 18.6 Å². The summed E-state index contributed by atoms with van der Waals surface area (Å²) < 4.78 is 0. The van der Waals surface area contributed by atoms with Crippen LogP contribution in [0.3, 0.4) is 0 Å². The van der Waals surface area contributed by atoms with Crippen molar-refractivity contribution in [1.29, 1.82) is 0 Å². The van der Waals surface area contributed by atoms with Crippen LogP contribution in [0.2, 0.25) is 0 Å². The van der Waals surface area contributed by atoms with Crippen molar-refractivity contribution in [3.05, 3.63) is 54.2 Å². The topological polar surface area (TPSA) is 28.2 Å². The molecular formula is C16H21N3. The molecule has 0 spiro atoms. The van der Waals surface area contributed by atoms with E-state index in [9.17, 15) is 0 Å². The van der Waals surface area contributed by atoms with Crippen LogP contribution < -0.4 is 10.2 Å². The Bertz CT molecular complexity index is 510. The minimum absolute atomic E-state index is 0.343. The fraction of sp³-hybridized carbons (Fsp3) is 0.312. The first-order valence-electron chi connectivity index (χ1n) is 6.70. The maximum Gasteiger partial charge on any atom is 0.132 e. The molecule has 1 N–H and O–H groups in total. The van der Waals surface area contributed by atoms with Gasteiger partial charge in [0.25, 0.3) is 0 Å². The first-order chi connectivity index (χ1) is 9.22. The van der Waals surface area contributed by atoms with Gasteiger partial charge < -0.3 is 10.2 Å². The Kier molecular flexibility index (Phi) is 4.53. The van der Waals surface area contributed by atoms with Gasteiger partial charge in [-0.25, -0.2) is 4.98 Å². The summed E-state index contributed by atoms with van der Waals surface area (Å²) in [5.41, 5.74) is 2.40. The van der Waals surface area contributed by atoms with Crippen molar-refractivity contribution in [3.8, 4) is 0 Å². The number of para-hydroxylation sites is 1. The summed E-state index contributed by atoms with van der Waals surface area (Å²) in [5.74, 6) is 0.966. The molecule has 1 aromatic heterocycles. The third-order valence-electron chi connectivity index (χ3n) is 3.27. The Morgan fingerprint density at radius 3 is 2.63 bits per heavy atom. The molecule has 1 aromatic carbocycles. The summed E-state index contributed by atoms with van der Waals surface area (Å²) >= 11 is 0. The van der Waals surface area contributed by atoms with Crippen LogP contribution >= 0.6 is 0 Å². The molecule has 3 heteroatoms. The number of anilines is 2. The number of nitrogens with zero attached hydrogens (tertiary/aromatic N) is 2. The monoisotopic (exact) mass is 255 g/mol. The van der Waals surface area contributed by atoms with E-state index in [1.807, 2.05) is 31.4 Å². The van der Waals surface area contributed by atoms with Crippen LogP contribution in [0.5, 0.6) is 0 Å². The molecular weight excluding hydrogens is 234 g/mol. The van der Waals surface area contributed by atoms with E-state index in [1.165, 1.54) is 5.56 Å². The molecule has 1 unspecified atom stereocenters. The molecule has 0 saturated carbocycles. The largest absolute Gasteiger partial charge is 0.329 e. The van der Waals surface area contributed by atoms with Crippen LogP contribution in [0.25, 0.3) is 0 Å². The molecule has 2 rings (SSSR count). The highest BCUT2D eigenvalue weighted by Gasteiger charge is 2.08. The maximum absolute atomic E-state index is 4.46. The van der Waals surface area contributed by atoms with E-state index in [2.05, 4.69) is 53.3 Å². The fourth-order valence-electron chi connectivity index (χ4n) is 2.09. The quantitative estimate of drug-likeness (QED) is 0.886. The highest BCUT2D eigenvalue weighted by Crippen LogP contribution is 2.23. The predicted octanol–water partition coefficient (Wildman–Crippen LogP) is 3.52. The number of rotatable bonds is 5. The number of pyridine rings is 1. The normalized spacial score (nSPS) is 12.2. The van der Waals surface area contributed by atoms with E-state index in [1.54, 1.807) is 0 Å². The predicted molar refractivity (Wildman–Crippen MR) is 80.8 cm³/mol. The van der Waals surface area contributed by atoms with E-state index in [4.69, 9.17) is 0 Å². The van der Waals surface area contributed by atoms with Gasteiger partial charge in [-0.15, -0.1) is 0 Å². The van der Waals surface area contributed by atoms with E-state index >= 15 is 0 Å². The van der Waals surface area contributed by atoms with Crippen molar-refractivity contribution in [2.45, 2.75) is 19.9 Å². The summed E-state index contributed by atoms with van der Waals surface area (Å²) in [4.78, 5) is 6.56. The first kappa shape index (κ1) is 13.6. The third-order valence-corrected chi connectivity index (χ3v) is 3.27. The van der Waals surface area contributed by atoms with E-state index in [0.717, 1.165) is 18.1 Å². The van der Waals surface area contributed by atoms with Gasteiger partial charge in [0, 0.05) is 25.0 Å². The molecule has 0 amide bonds. The summed E-state index contributed by atoms with van der Waals surface area (Å²) in [6, 6.07) is 14.8. The van der Waals surface area contributed by atoms with Crippen LogP contribution in [-0.2, 0) is 0 Å². The van der Waals surface area contributed by atoms with Gasteiger partial charge in [-0.1, -0.05) is 25.1 Å². The van der Waals surface area contributed by atoms with Crippen molar-refractivity contribution >= 4 is 11.5 Å². The average Bonchev–Trinajstić information content (AvgIpc) is 2.48. The molecule has 0 aliphatic rings. The smallest absolute Gasteiger partial charge is 0.132 e. The summed E-state index contributed by atoms with van der Waals surface area (Å²) in [6.45, 7) is 5.26. The lowest BCUT2D eigenvalue weighted by atomic mass is 10.1. The zero-order valence-electron chi connectivity index (χ0n) is 11.8. The second kappa shape index (κ2) is 6.34. The zero-order chi connectivity index (χ0) is 13.7. The molecule has 3 nitrogen and oxygen atoms in total. The molecule has 100 valence electrons. The van der Waals surface area contributed by atoms with Crippen LogP contribution in [0.4, 0.5) is 11.5 Å². The number of nitrogens with one attached hydrogen (secondary N) is 1. The molecule has 19 heavy (non-hydrogen) atoms. The number of hydrogen-bond donors (Lipinski definition) is 1. The Morgan fingerprint density at radius 1 is 1.21 bits per heavy atom. The van der Waals surface area contributed by atoms with Gasteiger partial charge in [0.1, 0.15) is 5.82 Å². The van der Waals surface area contributed by atoms with Gasteiger partial charge in [-0.05, 0) is 43.3 Å². The molecule has 1 heterocycles. The highest BCUT2D eigenvalue weighted by molar-refractivity contribution is 5.59. The molecule has 0 aliphatic carbocycles. The van der Waals surface area contributed by atoms with Crippen LogP contribution in [0.1, 0.15) is 25.5 Å². The Morgan fingerprint density at radius 2 is 1.95 bits per heavy atom. The van der Waals surface area contributed by atoms with E-state index < -0.39 is 0 Å². The highest BCUT2D eigenvalue weighted by atomic mass is 15.2. The van der Waals surface area contributed by atoms with Crippen LogP contribution in [0.15, 0.2) is 48.7 Å². The molecule has 2 aromatic rings. The first-order valence-corrected chi connectivity index (χ1v) is 6.70. The van der Waals surface area contributed by atoms with Crippen molar-refractivity contribution in [2.24, 2.45) is 0 Å². The lowest BCUT2D eigenvalue weighted by Gasteiger charge is -2.20. The van der Waals surface area contributed by atoms with Crippen molar-refractivity contribution in [1.82, 2.24) is 10.3 Å². The summed E-state index contributed by atoms with van der Waals surface area (Å²) in [5, 5.41) is 3.42. The van der Waals surface area contributed by atoms with E-state index in [0.29, 0.717) is 6.04 Å². The van der Waals surface area contributed by atoms with E-state index in [-0.39, 0.29) is 0 Å². The molecule has 0 radical (unpaired) electrons. The zero-order valence-corrected chi connectivity index (χ0v) is 11.8. The van der Waals surface area contributed by atoms with Gasteiger partial charge in [-0.3, -0.25) is 0 Å². The maximum atomic E-state index is 4.46. The molecule has 0 saturated heterocycles. The van der Waals surface area contributed by atoms with Gasteiger partial charge in [0.15, 0.2) is 0 Å². The SMILES string of the molecule is CCNC(C)c1ccnc(N(C)c2ccccc2)c1. The second-order valence-electron chi connectivity index (χ2n) is 4.62. The minimum Gasteiger partial charge on any atom is -0.329 e. The minimum atomic E-state index is 0.343. The van der Waals surface area contributed by atoms with Gasteiger partial charge in [-0.2, -0.15) is 0 Å². The van der Waals surface area contributed by atoms with Crippen molar-refractivity contribution in [2.75, 3.05) is 18.5 Å². The third kappa shape index (κ3) is 3.32. The summed E-state index contributed by atoms with van der Waals surface area (Å²) in [7, 11) is 2.04. The lowest BCUT2D eigenvalue weighted by molar-refractivity contribution is 0.597. The number of benzene rings is 1. The second-order valence-corrected chi connectivity index (χ2v) is 4.62. The van der Waals surface area contributed by atoms with Gasteiger partial charge in [0.05, 0.1) is 0 Å². The lowest BCUT2D eigenvalue weighted by Crippen LogP contribution is -2.18. The standard InChI is InChI=1S/C16H21N3/c1-4-17-13(2)14-10-11-18-16(12-14)19(3)15-8-6-5-7-9-15/h5-13,17H,4H2,1-3H3. The molecule has 0 fully saturated rings. The Labute approximate surface area is 115 Å². The Hall–Kier alpha value is -1.87. The van der Waals surface area contributed by atoms with Crippen molar-refractivity contribution < 1.29 is 0 Å². The average molecular weight is 255 g/mol. The number of aromatic nitrogens is 1. The van der Waals surface area contributed by atoms with Crippen molar-refractivity contribution in [3.63, 3.8) is 0 Å². The molecule has 0 bridgehead atoms. The van der Waals surface area contributed by atoms with Crippen LogP contribution in [0, 0.1) is 0 Å². The molecule has 1 atom stereocenters. The van der Waals surface area contributed by atoms with Gasteiger partial charge in [0.2, 0.25) is 0 Å². The molecule has 0 aliphatic heterocycles. The fourth-order valence-corrected chi connectivity index (χ4v) is 2.09.